The number of halogens is 2. The van der Waals surface area contributed by atoms with Crippen LogP contribution < -0.4 is 10.5 Å². The fourth-order valence-corrected chi connectivity index (χ4v) is 5.10. The molecule has 0 atom stereocenters. The smallest absolute Gasteiger partial charge is 0.439 e. The molecule has 7 nitrogen and oxygen atoms in total. The van der Waals surface area contributed by atoms with Gasteiger partial charge < -0.3 is 9.30 Å². The second-order valence-corrected chi connectivity index (χ2v) is 9.34. The average molecular weight is 515 g/mol. The zero-order valence-corrected chi connectivity index (χ0v) is 20.8. The van der Waals surface area contributed by atoms with E-state index in [9.17, 15) is 9.18 Å². The number of H-pyrrole nitrogens is 1. The fourth-order valence-electron chi connectivity index (χ4n) is 5.10. The number of nitrogens with one attached hydrogen (secondary N) is 1. The number of ether oxygens (including phenoxy) is 1. The predicted molar refractivity (Wildman–Crippen MR) is 139 cm³/mol. The zero-order chi connectivity index (χ0) is 26.4. The maximum absolute atomic E-state index is 15.3. The monoisotopic (exact) mass is 514 g/mol. The van der Waals surface area contributed by atoms with Gasteiger partial charge in [-0.1, -0.05) is 36.3 Å². The van der Waals surface area contributed by atoms with Gasteiger partial charge in [-0.3, -0.25) is 9.51 Å². The minimum absolute atomic E-state index is 0.0753. The number of rotatable bonds is 5. The number of hydrogen-bond donors (Lipinski definition) is 1. The lowest BCUT2D eigenvalue weighted by Gasteiger charge is -2.15. The topological polar surface area (TPSA) is 85.9 Å². The van der Waals surface area contributed by atoms with Crippen molar-refractivity contribution < 1.29 is 18.0 Å². The van der Waals surface area contributed by atoms with Crippen molar-refractivity contribution in [2.45, 2.75) is 39.8 Å². The van der Waals surface area contributed by atoms with Gasteiger partial charge in [-0.05, 0) is 48.2 Å². The first-order chi connectivity index (χ1) is 18.4. The molecule has 1 aliphatic rings. The number of nitrogens with zero attached hydrogens (tertiary/aromatic N) is 3. The molecule has 38 heavy (non-hydrogen) atoms. The quantitative estimate of drug-likeness (QED) is 0.317. The van der Waals surface area contributed by atoms with Gasteiger partial charge in [-0.2, -0.15) is 0 Å². The van der Waals surface area contributed by atoms with Crippen molar-refractivity contribution in [2.75, 3.05) is 0 Å². The van der Waals surface area contributed by atoms with Crippen molar-refractivity contribution >= 4 is 22.2 Å². The van der Waals surface area contributed by atoms with Gasteiger partial charge >= 0.3 is 5.76 Å². The van der Waals surface area contributed by atoms with Gasteiger partial charge in [-0.25, -0.2) is 18.6 Å². The Hall–Kier alpha value is -4.53. The average Bonchev–Trinajstić information content (AvgIpc) is 3.43. The number of allylic oxidation sites excluding steroid dienone is 1. The Balaban J connectivity index is 1.50. The van der Waals surface area contributed by atoms with Crippen LogP contribution in [0.4, 0.5) is 8.78 Å². The Morgan fingerprint density at radius 2 is 1.97 bits per heavy atom. The summed E-state index contributed by atoms with van der Waals surface area (Å²) in [5, 5.41) is 3.79. The van der Waals surface area contributed by atoms with E-state index < -0.39 is 17.4 Å². The van der Waals surface area contributed by atoms with Crippen molar-refractivity contribution in [1.82, 2.24) is 19.7 Å². The van der Waals surface area contributed by atoms with Crippen LogP contribution in [0.2, 0.25) is 0 Å². The van der Waals surface area contributed by atoms with Crippen molar-refractivity contribution in [3.63, 3.8) is 0 Å². The van der Waals surface area contributed by atoms with Crippen LogP contribution in [0.25, 0.3) is 22.2 Å². The van der Waals surface area contributed by atoms with Crippen LogP contribution >= 0.6 is 0 Å². The lowest BCUT2D eigenvalue weighted by Crippen LogP contribution is -2.07. The van der Waals surface area contributed by atoms with Crippen molar-refractivity contribution in [1.29, 1.82) is 0 Å². The molecule has 3 aromatic carbocycles. The van der Waals surface area contributed by atoms with Crippen molar-refractivity contribution in [2.24, 2.45) is 0 Å². The minimum atomic E-state index is -0.772. The molecule has 0 aliphatic carbocycles. The summed E-state index contributed by atoms with van der Waals surface area (Å²) in [6.07, 6.45) is 1.82. The summed E-state index contributed by atoms with van der Waals surface area (Å²) in [5.41, 5.74) is 5.52. The summed E-state index contributed by atoms with van der Waals surface area (Å²) >= 11 is 0. The molecule has 5 aromatic rings. The van der Waals surface area contributed by atoms with E-state index in [4.69, 9.17) is 9.72 Å². The molecule has 192 valence electrons. The minimum Gasteiger partial charge on any atom is -0.488 e. The maximum Gasteiger partial charge on any atom is 0.439 e. The number of para-hydroxylation sites is 2. The molecule has 1 N–H and O–H groups in total. The molecule has 3 heterocycles. The highest BCUT2D eigenvalue weighted by atomic mass is 19.1. The van der Waals surface area contributed by atoms with Crippen LogP contribution in [0.15, 0.2) is 63.9 Å². The second-order valence-electron chi connectivity index (χ2n) is 9.34. The number of imidazole rings is 1. The van der Waals surface area contributed by atoms with E-state index in [-0.39, 0.29) is 23.7 Å². The third-order valence-corrected chi connectivity index (χ3v) is 6.81. The molecule has 0 spiro atoms. The summed E-state index contributed by atoms with van der Waals surface area (Å²) in [6.45, 7) is 4.53. The number of aromatic nitrogens is 4. The Labute approximate surface area is 216 Å². The van der Waals surface area contributed by atoms with Gasteiger partial charge in [0, 0.05) is 36.2 Å². The van der Waals surface area contributed by atoms with Gasteiger partial charge in [0.15, 0.2) is 5.82 Å². The first-order valence-corrected chi connectivity index (χ1v) is 12.4. The molecular formula is C29H24F2N4O3. The number of aryl methyl sites for hydroxylation is 1. The van der Waals surface area contributed by atoms with Crippen molar-refractivity contribution in [3.05, 3.63) is 111 Å². The summed E-state index contributed by atoms with van der Waals surface area (Å²) in [5.74, 6) is -0.995. The Morgan fingerprint density at radius 3 is 2.76 bits per heavy atom. The van der Waals surface area contributed by atoms with Crippen molar-refractivity contribution in [3.8, 4) is 5.75 Å². The Bertz CT molecular complexity index is 1780. The van der Waals surface area contributed by atoms with E-state index in [0.717, 1.165) is 46.9 Å². The Morgan fingerprint density at radius 1 is 1.13 bits per heavy atom. The van der Waals surface area contributed by atoms with Crippen LogP contribution in [0.1, 0.15) is 54.2 Å². The molecule has 1 aliphatic heterocycles. The molecule has 2 aromatic heterocycles. The standard InChI is InChI=1S/C29H24F2N4O3/c1-3-6-25-32-22-7-4-5-8-23(22)35(25)14-17-9-10-20-18(11-17)15-37-24-13-19(30)12-21(31)27(24)26(20)16(2)28-33-29(36)38-34-28/h4-5,7-13H,3,6,14-15H2,1-2H3,(H,33,34,36). The fraction of sp³-hybridized carbons (Fsp3) is 0.207. The molecule has 0 saturated heterocycles. The van der Waals surface area contributed by atoms with Crippen LogP contribution in [0.3, 0.4) is 0 Å². The normalized spacial score (nSPS) is 14.1. The van der Waals surface area contributed by atoms with E-state index in [1.54, 1.807) is 6.92 Å². The maximum atomic E-state index is 15.3. The van der Waals surface area contributed by atoms with Gasteiger partial charge in [0.25, 0.3) is 0 Å². The number of aromatic amines is 1. The van der Waals surface area contributed by atoms with Gasteiger partial charge in [0.2, 0.25) is 0 Å². The first-order valence-electron chi connectivity index (χ1n) is 12.4. The van der Waals surface area contributed by atoms with Crippen LogP contribution in [-0.2, 0) is 19.6 Å². The molecule has 0 saturated carbocycles. The van der Waals surface area contributed by atoms with Gasteiger partial charge in [0.05, 0.1) is 16.6 Å². The summed E-state index contributed by atoms with van der Waals surface area (Å²) in [7, 11) is 0. The van der Waals surface area contributed by atoms with E-state index in [0.29, 0.717) is 23.3 Å². The summed E-state index contributed by atoms with van der Waals surface area (Å²) in [4.78, 5) is 19.0. The highest BCUT2D eigenvalue weighted by Crippen LogP contribution is 2.42. The first kappa shape index (κ1) is 23.8. The third-order valence-electron chi connectivity index (χ3n) is 6.81. The predicted octanol–water partition coefficient (Wildman–Crippen LogP) is 5.86. The van der Waals surface area contributed by atoms with Crippen LogP contribution in [0, 0.1) is 11.6 Å². The highest BCUT2D eigenvalue weighted by molar-refractivity contribution is 5.99. The number of hydrogen-bond acceptors (Lipinski definition) is 5. The van der Waals surface area contributed by atoms with E-state index in [1.165, 1.54) is 6.07 Å². The second kappa shape index (κ2) is 9.41. The molecule has 0 unspecified atom stereocenters. The van der Waals surface area contributed by atoms with Crippen LogP contribution in [0.5, 0.6) is 5.75 Å². The van der Waals surface area contributed by atoms with Crippen LogP contribution in [-0.4, -0.2) is 19.7 Å². The van der Waals surface area contributed by atoms with E-state index >= 15 is 4.39 Å². The number of benzene rings is 3. The Kier molecular flexibility index (Phi) is 5.90. The molecular weight excluding hydrogens is 490 g/mol. The SMILES string of the molecule is CCCc1nc2ccccc2n1Cc1ccc2c(c1)COc1cc(F)cc(F)c1C2=C(C)c1noc(=O)[nH]1. The van der Waals surface area contributed by atoms with E-state index in [2.05, 4.69) is 32.2 Å². The molecule has 0 bridgehead atoms. The molecule has 0 fully saturated rings. The lowest BCUT2D eigenvalue weighted by molar-refractivity contribution is 0.303. The molecule has 6 rings (SSSR count). The summed E-state index contributed by atoms with van der Waals surface area (Å²) < 4.78 is 42.2. The summed E-state index contributed by atoms with van der Waals surface area (Å²) in [6, 6.07) is 15.9. The third kappa shape index (κ3) is 4.09. The molecule has 9 heteroatoms. The zero-order valence-electron chi connectivity index (χ0n) is 20.8. The van der Waals surface area contributed by atoms with Gasteiger partial charge in [0.1, 0.15) is 29.8 Å². The van der Waals surface area contributed by atoms with E-state index in [1.807, 2.05) is 36.4 Å². The number of fused-ring (bicyclic) bond motifs is 3. The lowest BCUT2D eigenvalue weighted by atomic mass is 9.89. The van der Waals surface area contributed by atoms with Gasteiger partial charge in [-0.15, -0.1) is 0 Å². The molecule has 0 radical (unpaired) electrons. The highest BCUT2D eigenvalue weighted by Gasteiger charge is 2.27. The largest absolute Gasteiger partial charge is 0.488 e. The molecule has 0 amide bonds.